The number of nitrogens with two attached hydrogens (primary N) is 1. The molecule has 0 saturated carbocycles. The number of fused-ring (bicyclic) bond motifs is 2. The van der Waals surface area contributed by atoms with Gasteiger partial charge in [0.1, 0.15) is 0 Å². The maximum atomic E-state index is 6.07. The average Bonchev–Trinajstić information content (AvgIpc) is 2.86. The predicted octanol–water partition coefficient (Wildman–Crippen LogP) is 1.32. The van der Waals surface area contributed by atoms with Crippen LogP contribution in [0.1, 0.15) is 11.1 Å². The summed E-state index contributed by atoms with van der Waals surface area (Å²) in [6, 6.07) is 2.20. The van der Waals surface area contributed by atoms with Crippen molar-refractivity contribution in [1.29, 1.82) is 0 Å². The molecule has 4 nitrogen and oxygen atoms in total. The van der Waals surface area contributed by atoms with Gasteiger partial charge in [0.2, 0.25) is 6.79 Å². The van der Waals surface area contributed by atoms with Crippen LogP contribution in [0.2, 0.25) is 0 Å². The van der Waals surface area contributed by atoms with Gasteiger partial charge in [-0.05, 0) is 18.4 Å². The van der Waals surface area contributed by atoms with Crippen molar-refractivity contribution in [2.24, 2.45) is 5.73 Å². The topological polar surface area (TPSA) is 60.3 Å². The second-order valence-electron chi connectivity index (χ2n) is 4.49. The highest BCUT2D eigenvalue weighted by molar-refractivity contribution is 5.92. The lowest BCUT2D eigenvalue weighted by Crippen LogP contribution is -2.28. The first-order valence-electron chi connectivity index (χ1n) is 5.50. The summed E-state index contributed by atoms with van der Waals surface area (Å²) < 4.78 is 11.0. The van der Waals surface area contributed by atoms with E-state index >= 15 is 0 Å². The van der Waals surface area contributed by atoms with Crippen LogP contribution in [0.4, 0.5) is 0 Å². The average molecular weight is 216 g/mol. The molecular formula is C12H12N2O2. The van der Waals surface area contributed by atoms with Gasteiger partial charge in [0.05, 0.1) is 0 Å². The molecule has 16 heavy (non-hydrogen) atoms. The summed E-state index contributed by atoms with van der Waals surface area (Å²) in [5.41, 5.74) is 9.70. The maximum absolute atomic E-state index is 6.07. The number of benzene rings is 1. The molecule has 1 aromatic carbocycles. The third-order valence-corrected chi connectivity index (χ3v) is 3.43. The minimum atomic E-state index is 0.183. The molecule has 82 valence electrons. The first-order chi connectivity index (χ1) is 7.83. The number of ether oxygens (including phenoxy) is 2. The first kappa shape index (κ1) is 8.47. The van der Waals surface area contributed by atoms with Crippen LogP contribution in [0.5, 0.6) is 11.5 Å². The number of aromatic amines is 1. The van der Waals surface area contributed by atoms with Crippen LogP contribution in [0.15, 0.2) is 12.3 Å². The third-order valence-electron chi connectivity index (χ3n) is 3.43. The number of hydrogen-bond donors (Lipinski definition) is 2. The zero-order valence-corrected chi connectivity index (χ0v) is 8.75. The summed E-state index contributed by atoms with van der Waals surface area (Å²) in [5, 5.41) is 1.28. The largest absolute Gasteiger partial charge is 0.454 e. The molecule has 1 unspecified atom stereocenters. The summed E-state index contributed by atoms with van der Waals surface area (Å²) in [7, 11) is 0. The van der Waals surface area contributed by atoms with E-state index in [1.165, 1.54) is 16.5 Å². The summed E-state index contributed by atoms with van der Waals surface area (Å²) >= 11 is 0. The van der Waals surface area contributed by atoms with Crippen molar-refractivity contribution in [3.8, 4) is 11.5 Å². The smallest absolute Gasteiger partial charge is 0.231 e. The summed E-state index contributed by atoms with van der Waals surface area (Å²) in [6.45, 7) is 0.319. The molecule has 2 aliphatic rings. The molecule has 1 aliphatic carbocycles. The molecule has 0 fully saturated rings. The molecule has 0 spiro atoms. The van der Waals surface area contributed by atoms with Crippen LogP contribution in [-0.4, -0.2) is 17.8 Å². The van der Waals surface area contributed by atoms with Gasteiger partial charge in [0.15, 0.2) is 11.5 Å². The van der Waals surface area contributed by atoms with Gasteiger partial charge in [-0.1, -0.05) is 0 Å². The quantitative estimate of drug-likeness (QED) is 0.698. The number of H-pyrrole nitrogens is 1. The van der Waals surface area contributed by atoms with Crippen molar-refractivity contribution < 1.29 is 9.47 Å². The molecular weight excluding hydrogens is 204 g/mol. The number of hydrogen-bond acceptors (Lipinski definition) is 3. The Labute approximate surface area is 92.3 Å². The second-order valence-corrected chi connectivity index (χ2v) is 4.49. The van der Waals surface area contributed by atoms with E-state index in [1.807, 2.05) is 12.3 Å². The summed E-state index contributed by atoms with van der Waals surface area (Å²) in [4.78, 5) is 3.28. The van der Waals surface area contributed by atoms with Crippen LogP contribution >= 0.6 is 0 Å². The van der Waals surface area contributed by atoms with Gasteiger partial charge in [0, 0.05) is 34.8 Å². The van der Waals surface area contributed by atoms with Gasteiger partial charge in [0.25, 0.3) is 0 Å². The van der Waals surface area contributed by atoms with Crippen molar-refractivity contribution in [2.45, 2.75) is 18.9 Å². The fourth-order valence-corrected chi connectivity index (χ4v) is 2.80. The van der Waals surface area contributed by atoms with Crippen molar-refractivity contribution in [3.05, 3.63) is 23.4 Å². The minimum Gasteiger partial charge on any atom is -0.454 e. The molecule has 4 heteroatoms. The van der Waals surface area contributed by atoms with E-state index in [0.29, 0.717) is 6.79 Å². The molecule has 3 N–H and O–H groups in total. The van der Waals surface area contributed by atoms with E-state index in [2.05, 4.69) is 4.98 Å². The van der Waals surface area contributed by atoms with Gasteiger partial charge >= 0.3 is 0 Å². The molecule has 2 aromatic rings. The fourth-order valence-electron chi connectivity index (χ4n) is 2.80. The number of rotatable bonds is 0. The maximum Gasteiger partial charge on any atom is 0.231 e. The van der Waals surface area contributed by atoms with E-state index in [4.69, 9.17) is 15.2 Å². The Hall–Kier alpha value is -1.68. The Morgan fingerprint density at radius 3 is 3.19 bits per heavy atom. The third kappa shape index (κ3) is 0.925. The summed E-state index contributed by atoms with van der Waals surface area (Å²) in [5.74, 6) is 1.73. The second kappa shape index (κ2) is 2.71. The van der Waals surface area contributed by atoms with Gasteiger partial charge in [-0.3, -0.25) is 0 Å². The number of aromatic nitrogens is 1. The Bertz CT molecular complexity index is 588. The highest BCUT2D eigenvalue weighted by Crippen LogP contribution is 2.44. The molecule has 0 amide bonds. The zero-order valence-electron chi connectivity index (χ0n) is 8.75. The Balaban J connectivity index is 2.12. The van der Waals surface area contributed by atoms with Crippen LogP contribution in [0.25, 0.3) is 10.9 Å². The van der Waals surface area contributed by atoms with Crippen molar-refractivity contribution >= 4 is 10.9 Å². The van der Waals surface area contributed by atoms with Gasteiger partial charge in [-0.25, -0.2) is 0 Å². The van der Waals surface area contributed by atoms with Gasteiger partial charge < -0.3 is 20.2 Å². The number of nitrogens with one attached hydrogen (secondary N) is 1. The van der Waals surface area contributed by atoms with Crippen molar-refractivity contribution in [2.75, 3.05) is 6.79 Å². The molecule has 2 heterocycles. The Morgan fingerprint density at radius 1 is 1.31 bits per heavy atom. The van der Waals surface area contributed by atoms with Gasteiger partial charge in [-0.2, -0.15) is 0 Å². The van der Waals surface area contributed by atoms with Crippen molar-refractivity contribution in [1.82, 2.24) is 4.98 Å². The Kier molecular flexibility index (Phi) is 1.43. The van der Waals surface area contributed by atoms with Gasteiger partial charge in [-0.15, -0.1) is 0 Å². The normalized spacial score (nSPS) is 21.7. The highest BCUT2D eigenvalue weighted by Gasteiger charge is 2.27. The molecule has 1 atom stereocenters. The van der Waals surface area contributed by atoms with E-state index in [9.17, 15) is 0 Å². The van der Waals surface area contributed by atoms with E-state index in [0.717, 1.165) is 29.9 Å². The lowest BCUT2D eigenvalue weighted by molar-refractivity contribution is 0.173. The zero-order chi connectivity index (χ0) is 10.7. The molecule has 0 bridgehead atoms. The fraction of sp³-hybridized carbons (Fsp3) is 0.333. The van der Waals surface area contributed by atoms with E-state index < -0.39 is 0 Å². The molecule has 4 rings (SSSR count). The predicted molar refractivity (Wildman–Crippen MR) is 59.8 cm³/mol. The van der Waals surface area contributed by atoms with E-state index in [-0.39, 0.29) is 6.04 Å². The molecule has 1 aromatic heterocycles. The lowest BCUT2D eigenvalue weighted by Gasteiger charge is -2.20. The van der Waals surface area contributed by atoms with Crippen LogP contribution in [0, 0.1) is 0 Å². The lowest BCUT2D eigenvalue weighted by atomic mass is 9.89. The van der Waals surface area contributed by atoms with Crippen LogP contribution < -0.4 is 15.2 Å². The first-order valence-corrected chi connectivity index (χ1v) is 5.50. The van der Waals surface area contributed by atoms with Crippen LogP contribution in [0.3, 0.4) is 0 Å². The monoisotopic (exact) mass is 216 g/mol. The molecule has 1 aliphatic heterocycles. The highest BCUT2D eigenvalue weighted by atomic mass is 16.7. The standard InChI is InChI=1S/C12H12N2O2/c13-7-1-6-4-14-9-3-10-12(16-5-15-10)8(2-7)11(6)9/h3-4,7,14H,1-2,5,13H2. The van der Waals surface area contributed by atoms with E-state index in [1.54, 1.807) is 0 Å². The SMILES string of the molecule is NC1Cc2c[nH]c3cc4c(c(c23)C1)OCO4. The molecule has 0 saturated heterocycles. The Morgan fingerprint density at radius 2 is 2.25 bits per heavy atom. The van der Waals surface area contributed by atoms with Crippen LogP contribution in [-0.2, 0) is 12.8 Å². The minimum absolute atomic E-state index is 0.183. The van der Waals surface area contributed by atoms with Crippen molar-refractivity contribution in [3.63, 3.8) is 0 Å². The summed E-state index contributed by atoms with van der Waals surface area (Å²) in [6.07, 6.45) is 3.85. The molecule has 0 radical (unpaired) electrons.